The Morgan fingerprint density at radius 1 is 1.25 bits per heavy atom. The molecular formula is C15H17Cl2NO2. The highest BCUT2D eigenvalue weighted by Crippen LogP contribution is 2.36. The summed E-state index contributed by atoms with van der Waals surface area (Å²) in [5, 5.41) is 4.48. The van der Waals surface area contributed by atoms with E-state index in [2.05, 4.69) is 5.32 Å². The molecule has 108 valence electrons. The van der Waals surface area contributed by atoms with Gasteiger partial charge in [0.15, 0.2) is 0 Å². The molecule has 0 bridgehead atoms. The van der Waals surface area contributed by atoms with Crippen LogP contribution in [0, 0.1) is 0 Å². The summed E-state index contributed by atoms with van der Waals surface area (Å²) in [5.74, 6) is 1.39. The van der Waals surface area contributed by atoms with Crippen molar-refractivity contribution in [2.75, 3.05) is 13.2 Å². The van der Waals surface area contributed by atoms with Gasteiger partial charge in [-0.3, -0.25) is 0 Å². The van der Waals surface area contributed by atoms with Crippen LogP contribution in [-0.4, -0.2) is 13.2 Å². The molecule has 0 aliphatic heterocycles. The maximum absolute atomic E-state index is 6.36. The molecule has 1 N–H and O–H groups in total. The lowest BCUT2D eigenvalue weighted by atomic mass is 10.0. The molecule has 0 fully saturated rings. The maximum atomic E-state index is 6.36. The van der Waals surface area contributed by atoms with Crippen molar-refractivity contribution in [1.82, 2.24) is 5.32 Å². The molecule has 2 rings (SSSR count). The van der Waals surface area contributed by atoms with Gasteiger partial charge in [-0.1, -0.05) is 30.1 Å². The van der Waals surface area contributed by atoms with Crippen LogP contribution in [0.4, 0.5) is 0 Å². The zero-order valence-electron chi connectivity index (χ0n) is 11.5. The van der Waals surface area contributed by atoms with Gasteiger partial charge in [0, 0.05) is 11.1 Å². The normalized spacial score (nSPS) is 12.4. The molecule has 1 atom stereocenters. The molecule has 0 spiro atoms. The summed E-state index contributed by atoms with van der Waals surface area (Å²) in [5.41, 5.74) is 0.872. The van der Waals surface area contributed by atoms with Crippen molar-refractivity contribution in [1.29, 1.82) is 0 Å². The first-order chi connectivity index (χ1) is 9.67. The van der Waals surface area contributed by atoms with Crippen LogP contribution in [0.2, 0.25) is 10.0 Å². The molecule has 20 heavy (non-hydrogen) atoms. The van der Waals surface area contributed by atoms with Gasteiger partial charge in [0.05, 0.1) is 23.9 Å². The minimum atomic E-state index is -0.129. The van der Waals surface area contributed by atoms with Crippen molar-refractivity contribution in [2.45, 2.75) is 19.9 Å². The van der Waals surface area contributed by atoms with E-state index in [1.54, 1.807) is 12.3 Å². The summed E-state index contributed by atoms with van der Waals surface area (Å²) in [7, 11) is 0. The van der Waals surface area contributed by atoms with E-state index >= 15 is 0 Å². The second-order valence-corrected chi connectivity index (χ2v) is 5.06. The number of halogens is 2. The summed E-state index contributed by atoms with van der Waals surface area (Å²) in [6.45, 7) is 5.26. The predicted octanol–water partition coefficient (Wildman–Crippen LogP) is 4.68. The Labute approximate surface area is 128 Å². The zero-order valence-corrected chi connectivity index (χ0v) is 13.0. The molecule has 0 saturated carbocycles. The van der Waals surface area contributed by atoms with Crippen LogP contribution in [0.5, 0.6) is 5.75 Å². The van der Waals surface area contributed by atoms with Gasteiger partial charge in [-0.25, -0.2) is 0 Å². The van der Waals surface area contributed by atoms with E-state index in [1.807, 2.05) is 32.0 Å². The minimum absolute atomic E-state index is 0.129. The summed E-state index contributed by atoms with van der Waals surface area (Å²) in [6.07, 6.45) is 1.64. The summed E-state index contributed by atoms with van der Waals surface area (Å²) in [6, 6.07) is 7.20. The Balaban J connectivity index is 2.41. The molecule has 1 aromatic heterocycles. The quantitative estimate of drug-likeness (QED) is 0.840. The summed E-state index contributed by atoms with van der Waals surface area (Å²) >= 11 is 12.6. The molecule has 0 aliphatic rings. The van der Waals surface area contributed by atoms with E-state index in [-0.39, 0.29) is 6.04 Å². The van der Waals surface area contributed by atoms with Gasteiger partial charge in [0.1, 0.15) is 11.5 Å². The van der Waals surface area contributed by atoms with Crippen LogP contribution in [0.15, 0.2) is 34.9 Å². The molecule has 1 aromatic carbocycles. The van der Waals surface area contributed by atoms with E-state index in [4.69, 9.17) is 32.4 Å². The Kier molecular flexibility index (Phi) is 5.35. The SMILES string of the molecule is CCNC(c1ccco1)c1cc(Cl)c(OCC)cc1Cl. The number of nitrogens with one attached hydrogen (secondary N) is 1. The molecule has 5 heteroatoms. The third kappa shape index (κ3) is 3.29. The fourth-order valence-corrected chi connectivity index (χ4v) is 2.54. The van der Waals surface area contributed by atoms with Crippen LogP contribution < -0.4 is 10.1 Å². The number of furan rings is 1. The van der Waals surface area contributed by atoms with E-state index in [0.29, 0.717) is 22.4 Å². The monoisotopic (exact) mass is 313 g/mol. The lowest BCUT2D eigenvalue weighted by Crippen LogP contribution is -2.22. The van der Waals surface area contributed by atoms with Crippen molar-refractivity contribution < 1.29 is 9.15 Å². The predicted molar refractivity (Wildman–Crippen MR) is 81.9 cm³/mol. The largest absolute Gasteiger partial charge is 0.492 e. The molecule has 0 radical (unpaired) electrons. The summed E-state index contributed by atoms with van der Waals surface area (Å²) in [4.78, 5) is 0. The standard InChI is InChI=1S/C15H17Cl2NO2/c1-3-18-15(13-6-5-7-20-13)10-8-12(17)14(19-4-2)9-11(10)16/h5-9,15,18H,3-4H2,1-2H3. The van der Waals surface area contributed by atoms with E-state index in [1.165, 1.54) is 0 Å². The van der Waals surface area contributed by atoms with Crippen LogP contribution in [-0.2, 0) is 0 Å². The fraction of sp³-hybridized carbons (Fsp3) is 0.333. The van der Waals surface area contributed by atoms with Gasteiger partial charge >= 0.3 is 0 Å². The first-order valence-corrected chi connectivity index (χ1v) is 7.31. The topological polar surface area (TPSA) is 34.4 Å². The second kappa shape index (κ2) is 7.02. The van der Waals surface area contributed by atoms with Gasteiger partial charge in [-0.15, -0.1) is 0 Å². The maximum Gasteiger partial charge on any atom is 0.139 e. The van der Waals surface area contributed by atoms with Crippen LogP contribution in [0.25, 0.3) is 0 Å². The molecule has 0 saturated heterocycles. The molecule has 0 aliphatic carbocycles. The molecule has 1 heterocycles. The molecular weight excluding hydrogens is 297 g/mol. The van der Waals surface area contributed by atoms with Gasteiger partial charge < -0.3 is 14.5 Å². The van der Waals surface area contributed by atoms with Crippen molar-refractivity contribution in [3.8, 4) is 5.75 Å². The van der Waals surface area contributed by atoms with Crippen LogP contribution in [0.3, 0.4) is 0 Å². The van der Waals surface area contributed by atoms with Crippen molar-refractivity contribution in [2.24, 2.45) is 0 Å². The fourth-order valence-electron chi connectivity index (χ4n) is 2.05. The third-order valence-corrected chi connectivity index (χ3v) is 3.52. The van der Waals surface area contributed by atoms with Gasteiger partial charge in [0.2, 0.25) is 0 Å². The van der Waals surface area contributed by atoms with Crippen molar-refractivity contribution in [3.63, 3.8) is 0 Å². The Morgan fingerprint density at radius 3 is 2.65 bits per heavy atom. The van der Waals surface area contributed by atoms with Gasteiger partial charge in [-0.2, -0.15) is 0 Å². The average Bonchev–Trinajstić information content (AvgIpc) is 2.94. The van der Waals surface area contributed by atoms with Crippen molar-refractivity contribution >= 4 is 23.2 Å². The van der Waals surface area contributed by atoms with Crippen LogP contribution >= 0.6 is 23.2 Å². The van der Waals surface area contributed by atoms with E-state index in [9.17, 15) is 0 Å². The first-order valence-electron chi connectivity index (χ1n) is 6.55. The van der Waals surface area contributed by atoms with E-state index in [0.717, 1.165) is 17.9 Å². The Hall–Kier alpha value is -1.16. The highest BCUT2D eigenvalue weighted by atomic mass is 35.5. The lowest BCUT2D eigenvalue weighted by Gasteiger charge is -2.19. The number of hydrogen-bond donors (Lipinski definition) is 1. The smallest absolute Gasteiger partial charge is 0.139 e. The summed E-state index contributed by atoms with van der Waals surface area (Å²) < 4.78 is 10.9. The highest BCUT2D eigenvalue weighted by Gasteiger charge is 2.20. The number of ether oxygens (including phenoxy) is 1. The van der Waals surface area contributed by atoms with Crippen LogP contribution in [0.1, 0.15) is 31.2 Å². The first kappa shape index (κ1) is 15.2. The minimum Gasteiger partial charge on any atom is -0.492 e. The lowest BCUT2D eigenvalue weighted by molar-refractivity contribution is 0.340. The van der Waals surface area contributed by atoms with Gasteiger partial charge in [-0.05, 0) is 37.2 Å². The number of rotatable bonds is 6. The highest BCUT2D eigenvalue weighted by molar-refractivity contribution is 6.34. The van der Waals surface area contributed by atoms with E-state index < -0.39 is 0 Å². The van der Waals surface area contributed by atoms with Gasteiger partial charge in [0.25, 0.3) is 0 Å². The van der Waals surface area contributed by atoms with Crippen molar-refractivity contribution in [3.05, 3.63) is 51.9 Å². The molecule has 3 nitrogen and oxygen atoms in total. The molecule has 1 unspecified atom stereocenters. The third-order valence-electron chi connectivity index (χ3n) is 2.90. The average molecular weight is 314 g/mol. The second-order valence-electron chi connectivity index (χ2n) is 4.24. The Morgan fingerprint density at radius 2 is 2.05 bits per heavy atom. The number of hydrogen-bond acceptors (Lipinski definition) is 3. The number of benzene rings is 1. The molecule has 0 amide bonds. The zero-order chi connectivity index (χ0) is 14.5. The molecule has 2 aromatic rings. The Bertz CT molecular complexity index is 555.